The van der Waals surface area contributed by atoms with E-state index in [0.29, 0.717) is 13.1 Å². The average Bonchev–Trinajstić information content (AvgIpc) is 2.66. The van der Waals surface area contributed by atoms with Crippen LogP contribution in [0.15, 0.2) is 48.7 Å². The second-order valence-electron chi connectivity index (χ2n) is 6.53. The van der Waals surface area contributed by atoms with Gasteiger partial charge in [-0.05, 0) is 54.8 Å². The van der Waals surface area contributed by atoms with Crippen LogP contribution in [0, 0.1) is 19.7 Å². The van der Waals surface area contributed by atoms with Gasteiger partial charge in [0.25, 0.3) is 0 Å². The van der Waals surface area contributed by atoms with E-state index in [1.165, 1.54) is 28.9 Å². The highest BCUT2D eigenvalue weighted by Gasteiger charge is 2.21. The van der Waals surface area contributed by atoms with E-state index in [1.54, 1.807) is 24.4 Å². The fourth-order valence-electron chi connectivity index (χ4n) is 3.10. The lowest BCUT2D eigenvalue weighted by atomic mass is 10.1. The molecule has 1 fully saturated rings. The Bertz CT molecular complexity index is 793. The Kier molecular flexibility index (Phi) is 5.56. The molecule has 1 N–H and O–H groups in total. The van der Waals surface area contributed by atoms with Gasteiger partial charge >= 0.3 is 6.03 Å². The third-order valence-electron chi connectivity index (χ3n) is 4.84. The summed E-state index contributed by atoms with van der Waals surface area (Å²) in [4.78, 5) is 16.4. The number of rotatable bonds is 3. The van der Waals surface area contributed by atoms with Gasteiger partial charge in [-0.2, -0.15) is 0 Å². The molecular formula is C21H24FN3O. The molecule has 0 aromatic heterocycles. The van der Waals surface area contributed by atoms with Gasteiger partial charge in [0, 0.05) is 38.1 Å². The van der Waals surface area contributed by atoms with E-state index in [0.717, 1.165) is 18.7 Å². The predicted octanol–water partition coefficient (Wildman–Crippen LogP) is 3.95. The van der Waals surface area contributed by atoms with Crippen LogP contribution in [0.2, 0.25) is 0 Å². The summed E-state index contributed by atoms with van der Waals surface area (Å²) in [5.74, 6) is -0.270. The molecule has 1 aliphatic heterocycles. The van der Waals surface area contributed by atoms with Crippen LogP contribution in [0.5, 0.6) is 0 Å². The van der Waals surface area contributed by atoms with Crippen molar-refractivity contribution in [1.29, 1.82) is 0 Å². The van der Waals surface area contributed by atoms with E-state index in [4.69, 9.17) is 0 Å². The monoisotopic (exact) mass is 353 g/mol. The van der Waals surface area contributed by atoms with Crippen LogP contribution >= 0.6 is 0 Å². The molecule has 2 aromatic rings. The molecule has 0 aliphatic carbocycles. The summed E-state index contributed by atoms with van der Waals surface area (Å²) in [6.07, 6.45) is 3.36. The number of hydrogen-bond donors (Lipinski definition) is 1. The van der Waals surface area contributed by atoms with Crippen molar-refractivity contribution >= 4 is 17.8 Å². The second-order valence-corrected chi connectivity index (χ2v) is 6.53. The zero-order valence-corrected chi connectivity index (χ0v) is 15.2. The van der Waals surface area contributed by atoms with Gasteiger partial charge in [-0.15, -0.1) is 0 Å². The lowest BCUT2D eigenvalue weighted by molar-refractivity contribution is 0.198. The Labute approximate surface area is 153 Å². The number of benzene rings is 2. The van der Waals surface area contributed by atoms with Gasteiger partial charge in [-0.3, -0.25) is 0 Å². The highest BCUT2D eigenvalue weighted by Crippen LogP contribution is 2.23. The standard InChI is InChI=1S/C21H24FN3O/c1-16-4-3-5-20(17(16)2)24-12-14-25(15-13-24)21(26)23-11-10-18-6-8-19(22)9-7-18/h3-11H,12-15H2,1-2H3,(H,23,26)/b11-10+. The van der Waals surface area contributed by atoms with Crippen LogP contribution in [0.4, 0.5) is 14.9 Å². The lowest BCUT2D eigenvalue weighted by Crippen LogP contribution is -2.51. The first-order chi connectivity index (χ1) is 12.5. The molecule has 0 bridgehead atoms. The zero-order chi connectivity index (χ0) is 18.5. The topological polar surface area (TPSA) is 35.6 Å². The second kappa shape index (κ2) is 8.04. The van der Waals surface area contributed by atoms with Crippen molar-refractivity contribution in [3.05, 3.63) is 71.2 Å². The van der Waals surface area contributed by atoms with Crippen molar-refractivity contribution in [2.24, 2.45) is 0 Å². The molecule has 26 heavy (non-hydrogen) atoms. The summed E-state index contributed by atoms with van der Waals surface area (Å²) in [6.45, 7) is 7.27. The van der Waals surface area contributed by atoms with E-state index >= 15 is 0 Å². The summed E-state index contributed by atoms with van der Waals surface area (Å²) in [5, 5.41) is 2.78. The van der Waals surface area contributed by atoms with Gasteiger partial charge in [0.05, 0.1) is 0 Å². The summed E-state index contributed by atoms with van der Waals surface area (Å²) in [6, 6.07) is 12.4. The molecule has 2 aromatic carbocycles. The molecule has 0 atom stereocenters. The van der Waals surface area contributed by atoms with E-state index in [1.807, 2.05) is 4.90 Å². The summed E-state index contributed by atoms with van der Waals surface area (Å²) in [5.41, 5.74) is 4.67. The minimum Gasteiger partial charge on any atom is -0.368 e. The number of carbonyl (C=O) groups is 1. The van der Waals surface area contributed by atoms with Crippen molar-refractivity contribution in [3.8, 4) is 0 Å². The molecule has 0 saturated carbocycles. The lowest BCUT2D eigenvalue weighted by Gasteiger charge is -2.36. The average molecular weight is 353 g/mol. The van der Waals surface area contributed by atoms with Gasteiger partial charge in [0.1, 0.15) is 5.82 Å². The minimum absolute atomic E-state index is 0.107. The normalized spacial score (nSPS) is 14.7. The number of piperazine rings is 1. The Morgan fingerprint density at radius 2 is 1.73 bits per heavy atom. The number of nitrogens with zero attached hydrogens (tertiary/aromatic N) is 2. The first-order valence-corrected chi connectivity index (χ1v) is 8.83. The molecule has 1 heterocycles. The van der Waals surface area contributed by atoms with Gasteiger partial charge in [0.2, 0.25) is 0 Å². The first kappa shape index (κ1) is 18.0. The fourth-order valence-corrected chi connectivity index (χ4v) is 3.10. The largest absolute Gasteiger partial charge is 0.368 e. The van der Waals surface area contributed by atoms with E-state index in [2.05, 4.69) is 42.3 Å². The quantitative estimate of drug-likeness (QED) is 0.907. The Morgan fingerprint density at radius 3 is 2.42 bits per heavy atom. The molecular weight excluding hydrogens is 329 g/mol. The van der Waals surface area contributed by atoms with Crippen molar-refractivity contribution in [2.75, 3.05) is 31.1 Å². The number of aryl methyl sites for hydroxylation is 1. The van der Waals surface area contributed by atoms with Crippen LogP contribution in [-0.4, -0.2) is 37.1 Å². The Morgan fingerprint density at radius 1 is 1.04 bits per heavy atom. The molecule has 0 radical (unpaired) electrons. The highest BCUT2D eigenvalue weighted by atomic mass is 19.1. The molecule has 1 saturated heterocycles. The highest BCUT2D eigenvalue weighted by molar-refractivity contribution is 5.76. The zero-order valence-electron chi connectivity index (χ0n) is 15.2. The first-order valence-electron chi connectivity index (χ1n) is 8.83. The van der Waals surface area contributed by atoms with Crippen molar-refractivity contribution < 1.29 is 9.18 Å². The van der Waals surface area contributed by atoms with Gasteiger partial charge in [-0.1, -0.05) is 24.3 Å². The van der Waals surface area contributed by atoms with Crippen LogP contribution in [0.25, 0.3) is 6.08 Å². The molecule has 0 unspecified atom stereocenters. The van der Waals surface area contributed by atoms with E-state index in [-0.39, 0.29) is 11.8 Å². The molecule has 5 heteroatoms. The van der Waals surface area contributed by atoms with Crippen molar-refractivity contribution in [2.45, 2.75) is 13.8 Å². The summed E-state index contributed by atoms with van der Waals surface area (Å²) < 4.78 is 12.9. The third kappa shape index (κ3) is 4.23. The molecule has 1 aliphatic rings. The number of amides is 2. The molecule has 2 amide bonds. The number of urea groups is 1. The Balaban J connectivity index is 1.52. The maximum atomic E-state index is 12.9. The fraction of sp³-hybridized carbons (Fsp3) is 0.286. The summed E-state index contributed by atoms with van der Waals surface area (Å²) >= 11 is 0. The smallest absolute Gasteiger partial charge is 0.321 e. The maximum absolute atomic E-state index is 12.9. The van der Waals surface area contributed by atoms with Crippen LogP contribution in [0.1, 0.15) is 16.7 Å². The minimum atomic E-state index is -0.270. The van der Waals surface area contributed by atoms with Gasteiger partial charge < -0.3 is 15.1 Å². The SMILES string of the molecule is Cc1cccc(N2CCN(C(=O)N/C=C/c3ccc(F)cc3)CC2)c1C. The van der Waals surface area contributed by atoms with Crippen LogP contribution in [-0.2, 0) is 0 Å². The molecule has 3 rings (SSSR count). The van der Waals surface area contributed by atoms with Crippen LogP contribution in [0.3, 0.4) is 0 Å². The Hall–Kier alpha value is -2.82. The molecule has 4 nitrogen and oxygen atoms in total. The van der Waals surface area contributed by atoms with Gasteiger partial charge in [0.15, 0.2) is 0 Å². The van der Waals surface area contributed by atoms with Crippen LogP contribution < -0.4 is 10.2 Å². The van der Waals surface area contributed by atoms with Crippen molar-refractivity contribution in [3.63, 3.8) is 0 Å². The maximum Gasteiger partial charge on any atom is 0.321 e. The van der Waals surface area contributed by atoms with Crippen molar-refractivity contribution in [1.82, 2.24) is 10.2 Å². The van der Waals surface area contributed by atoms with E-state index < -0.39 is 0 Å². The number of nitrogens with one attached hydrogen (secondary N) is 1. The third-order valence-corrected chi connectivity index (χ3v) is 4.84. The predicted molar refractivity (Wildman–Crippen MR) is 104 cm³/mol. The molecule has 0 spiro atoms. The number of anilines is 1. The summed E-state index contributed by atoms with van der Waals surface area (Å²) in [7, 11) is 0. The molecule has 136 valence electrons. The number of carbonyl (C=O) groups excluding carboxylic acids is 1. The van der Waals surface area contributed by atoms with Gasteiger partial charge in [-0.25, -0.2) is 9.18 Å². The number of hydrogen-bond acceptors (Lipinski definition) is 2. The number of halogens is 1. The van der Waals surface area contributed by atoms with E-state index in [9.17, 15) is 9.18 Å².